The van der Waals surface area contributed by atoms with Gasteiger partial charge in [-0.25, -0.2) is 0 Å². The molecule has 1 fully saturated rings. The average molecular weight is 247 g/mol. The van der Waals surface area contributed by atoms with Crippen LogP contribution in [0, 0.1) is 0 Å². The van der Waals surface area contributed by atoms with Gasteiger partial charge in [0.2, 0.25) is 5.91 Å². The molecule has 0 heterocycles. The summed E-state index contributed by atoms with van der Waals surface area (Å²) in [5, 5.41) is 0. The fourth-order valence-electron chi connectivity index (χ4n) is 3.06. The zero-order valence-electron chi connectivity index (χ0n) is 10.9. The summed E-state index contributed by atoms with van der Waals surface area (Å²) in [5.74, 6) is -0.258. The van der Waals surface area contributed by atoms with Crippen molar-refractivity contribution in [3.8, 4) is 0 Å². The topological polar surface area (TPSA) is 52.3 Å². The Bertz CT molecular complexity index is 402. The van der Waals surface area contributed by atoms with Crippen molar-refractivity contribution in [2.24, 2.45) is 5.73 Å². The largest absolute Gasteiger partial charge is 0.377 e. The Morgan fingerprint density at radius 3 is 2.72 bits per heavy atom. The first kappa shape index (κ1) is 13.1. The Balaban J connectivity index is 2.44. The van der Waals surface area contributed by atoms with Gasteiger partial charge in [-0.1, -0.05) is 43.2 Å². The van der Waals surface area contributed by atoms with Crippen LogP contribution in [0.5, 0.6) is 0 Å². The molecule has 98 valence electrons. The van der Waals surface area contributed by atoms with Gasteiger partial charge in [0.05, 0.1) is 11.5 Å². The summed E-state index contributed by atoms with van der Waals surface area (Å²) in [4.78, 5) is 12.1. The summed E-state index contributed by atoms with van der Waals surface area (Å²) < 4.78 is 5.81. The first-order chi connectivity index (χ1) is 8.71. The van der Waals surface area contributed by atoms with E-state index in [0.717, 1.165) is 31.2 Å². The average Bonchev–Trinajstić information content (AvgIpc) is 2.40. The Kier molecular flexibility index (Phi) is 4.02. The lowest BCUT2D eigenvalue weighted by Gasteiger charge is -2.41. The molecule has 2 rings (SSSR count). The van der Waals surface area contributed by atoms with E-state index < -0.39 is 5.41 Å². The molecule has 0 spiro atoms. The lowest BCUT2D eigenvalue weighted by atomic mass is 9.66. The maximum Gasteiger partial charge on any atom is 0.230 e. The van der Waals surface area contributed by atoms with Crippen LogP contribution >= 0.6 is 0 Å². The number of hydrogen-bond acceptors (Lipinski definition) is 2. The van der Waals surface area contributed by atoms with Crippen LogP contribution in [0.25, 0.3) is 0 Å². The van der Waals surface area contributed by atoms with Crippen LogP contribution in [-0.2, 0) is 14.9 Å². The highest BCUT2D eigenvalue weighted by Gasteiger charge is 2.47. The van der Waals surface area contributed by atoms with Gasteiger partial charge in [0.15, 0.2) is 0 Å². The van der Waals surface area contributed by atoms with Crippen molar-refractivity contribution < 1.29 is 9.53 Å². The number of amides is 1. The Hall–Kier alpha value is -1.35. The summed E-state index contributed by atoms with van der Waals surface area (Å²) in [5.41, 5.74) is 6.09. The van der Waals surface area contributed by atoms with Crippen LogP contribution in [0.1, 0.15) is 38.2 Å². The summed E-state index contributed by atoms with van der Waals surface area (Å²) >= 11 is 0. The minimum absolute atomic E-state index is 0.0869. The Morgan fingerprint density at radius 1 is 1.39 bits per heavy atom. The van der Waals surface area contributed by atoms with Crippen molar-refractivity contribution in [1.82, 2.24) is 0 Å². The molecule has 1 amide bonds. The van der Waals surface area contributed by atoms with Gasteiger partial charge in [-0.2, -0.15) is 0 Å². The van der Waals surface area contributed by atoms with Gasteiger partial charge >= 0.3 is 0 Å². The van der Waals surface area contributed by atoms with E-state index in [9.17, 15) is 4.79 Å². The molecule has 18 heavy (non-hydrogen) atoms. The van der Waals surface area contributed by atoms with E-state index in [1.807, 2.05) is 37.3 Å². The molecular formula is C15H21NO2. The second kappa shape index (κ2) is 5.53. The molecule has 0 aliphatic heterocycles. The quantitative estimate of drug-likeness (QED) is 0.888. The number of nitrogens with two attached hydrogens (primary N) is 1. The molecule has 2 unspecified atom stereocenters. The number of carbonyl (C=O) groups is 1. The van der Waals surface area contributed by atoms with E-state index in [4.69, 9.17) is 10.5 Å². The minimum Gasteiger partial charge on any atom is -0.377 e. The van der Waals surface area contributed by atoms with Crippen LogP contribution in [-0.4, -0.2) is 18.6 Å². The van der Waals surface area contributed by atoms with Gasteiger partial charge in [0.1, 0.15) is 0 Å². The molecule has 0 saturated heterocycles. The highest BCUT2D eigenvalue weighted by molar-refractivity contribution is 5.87. The molecule has 1 aromatic carbocycles. The number of ether oxygens (including phenoxy) is 1. The fourth-order valence-corrected chi connectivity index (χ4v) is 3.06. The minimum atomic E-state index is -0.643. The maximum atomic E-state index is 12.1. The third-order valence-corrected chi connectivity index (χ3v) is 3.93. The van der Waals surface area contributed by atoms with E-state index in [-0.39, 0.29) is 12.0 Å². The Morgan fingerprint density at radius 2 is 2.11 bits per heavy atom. The van der Waals surface area contributed by atoms with E-state index in [1.165, 1.54) is 0 Å². The molecule has 3 heteroatoms. The monoisotopic (exact) mass is 247 g/mol. The first-order valence-electron chi connectivity index (χ1n) is 6.69. The van der Waals surface area contributed by atoms with Crippen LogP contribution in [0.2, 0.25) is 0 Å². The number of benzene rings is 1. The predicted octanol–water partition coefficient (Wildman–Crippen LogP) is 2.39. The van der Waals surface area contributed by atoms with Crippen molar-refractivity contribution >= 4 is 5.91 Å². The third kappa shape index (κ3) is 2.15. The molecule has 1 saturated carbocycles. The molecule has 0 radical (unpaired) electrons. The number of carbonyl (C=O) groups excluding carboxylic acids is 1. The third-order valence-electron chi connectivity index (χ3n) is 3.93. The second-order valence-corrected chi connectivity index (χ2v) is 4.89. The van der Waals surface area contributed by atoms with Crippen molar-refractivity contribution in [2.45, 2.75) is 44.1 Å². The normalized spacial score (nSPS) is 27.9. The van der Waals surface area contributed by atoms with E-state index in [0.29, 0.717) is 6.61 Å². The molecule has 2 atom stereocenters. The van der Waals surface area contributed by atoms with Crippen molar-refractivity contribution in [2.75, 3.05) is 6.61 Å². The molecule has 1 aliphatic carbocycles. The fraction of sp³-hybridized carbons (Fsp3) is 0.533. The van der Waals surface area contributed by atoms with Gasteiger partial charge in [-0.3, -0.25) is 4.79 Å². The smallest absolute Gasteiger partial charge is 0.230 e. The molecule has 1 aliphatic rings. The van der Waals surface area contributed by atoms with Gasteiger partial charge in [-0.15, -0.1) is 0 Å². The van der Waals surface area contributed by atoms with Crippen LogP contribution < -0.4 is 5.73 Å². The Labute approximate surface area is 108 Å². The molecule has 3 nitrogen and oxygen atoms in total. The van der Waals surface area contributed by atoms with Crippen molar-refractivity contribution in [3.05, 3.63) is 35.9 Å². The summed E-state index contributed by atoms with van der Waals surface area (Å²) in [6.45, 7) is 2.58. The van der Waals surface area contributed by atoms with Gasteiger partial charge in [0.25, 0.3) is 0 Å². The zero-order valence-corrected chi connectivity index (χ0v) is 10.9. The molecule has 2 N–H and O–H groups in total. The van der Waals surface area contributed by atoms with Crippen LogP contribution in [0.4, 0.5) is 0 Å². The van der Waals surface area contributed by atoms with Crippen molar-refractivity contribution in [3.63, 3.8) is 0 Å². The van der Waals surface area contributed by atoms with E-state index in [2.05, 4.69) is 0 Å². The van der Waals surface area contributed by atoms with E-state index >= 15 is 0 Å². The summed E-state index contributed by atoms with van der Waals surface area (Å²) in [6, 6.07) is 9.84. The van der Waals surface area contributed by atoms with E-state index in [1.54, 1.807) is 0 Å². The van der Waals surface area contributed by atoms with Gasteiger partial charge in [0, 0.05) is 6.61 Å². The number of hydrogen-bond donors (Lipinski definition) is 1. The van der Waals surface area contributed by atoms with Gasteiger partial charge < -0.3 is 10.5 Å². The molecule has 0 aromatic heterocycles. The second-order valence-electron chi connectivity index (χ2n) is 4.89. The number of rotatable bonds is 4. The van der Waals surface area contributed by atoms with Crippen LogP contribution in [0.3, 0.4) is 0 Å². The first-order valence-corrected chi connectivity index (χ1v) is 6.69. The predicted molar refractivity (Wildman–Crippen MR) is 71.2 cm³/mol. The number of primary amides is 1. The van der Waals surface area contributed by atoms with Gasteiger partial charge in [-0.05, 0) is 25.3 Å². The SMILES string of the molecule is CCOC1CCCCC1(C(N)=O)c1ccccc1. The zero-order chi connectivity index (χ0) is 13.0. The van der Waals surface area contributed by atoms with Crippen LogP contribution in [0.15, 0.2) is 30.3 Å². The highest BCUT2D eigenvalue weighted by atomic mass is 16.5. The summed E-state index contributed by atoms with van der Waals surface area (Å²) in [6.07, 6.45) is 3.74. The van der Waals surface area contributed by atoms with Crippen molar-refractivity contribution in [1.29, 1.82) is 0 Å². The standard InChI is InChI=1S/C15H21NO2/c1-2-18-13-10-6-7-11-15(13,14(16)17)12-8-4-3-5-9-12/h3-5,8-9,13H,2,6-7,10-11H2,1H3,(H2,16,17). The molecular weight excluding hydrogens is 226 g/mol. The lowest BCUT2D eigenvalue weighted by molar-refractivity contribution is -0.133. The molecule has 1 aromatic rings. The lowest BCUT2D eigenvalue weighted by Crippen LogP contribution is -2.53. The molecule has 0 bridgehead atoms. The summed E-state index contributed by atoms with van der Waals surface area (Å²) in [7, 11) is 0. The highest BCUT2D eigenvalue weighted by Crippen LogP contribution is 2.41. The maximum absolute atomic E-state index is 12.1.